The molecule has 3 heteroatoms. The Labute approximate surface area is 251 Å². The monoisotopic (exact) mass is 549 g/mol. The van der Waals surface area contributed by atoms with E-state index in [0.717, 1.165) is 61.2 Å². The van der Waals surface area contributed by atoms with Crippen LogP contribution in [0.5, 0.6) is 0 Å². The molecule has 0 unspecified atom stereocenters. The number of nitrogens with zero attached hydrogens (tertiary/aromatic N) is 2. The summed E-state index contributed by atoms with van der Waals surface area (Å²) in [4.78, 5) is 10.1. The van der Waals surface area contributed by atoms with Crippen LogP contribution in [-0.4, -0.2) is 9.97 Å². The van der Waals surface area contributed by atoms with Gasteiger partial charge in [0.1, 0.15) is 0 Å². The van der Waals surface area contributed by atoms with Crippen molar-refractivity contribution < 1.29 is 0 Å². The average molecular weight is 550 g/mol. The normalized spacial score (nSPS) is 11.2. The molecule has 7 aromatic rings. The Hall–Kier alpha value is -5.98. The molecule has 0 aliphatic rings. The summed E-state index contributed by atoms with van der Waals surface area (Å²) in [5.41, 5.74) is 15.0. The molecule has 0 radical (unpaired) electrons. The summed E-state index contributed by atoms with van der Waals surface area (Å²) in [6.07, 6.45) is 5.61. The Kier molecular flexibility index (Phi) is 6.71. The summed E-state index contributed by atoms with van der Waals surface area (Å²) in [6, 6.07) is 47.8. The zero-order chi connectivity index (χ0) is 29.2. The van der Waals surface area contributed by atoms with Crippen LogP contribution in [0.3, 0.4) is 0 Å². The lowest BCUT2D eigenvalue weighted by Crippen LogP contribution is -1.96. The molecule has 1 heterocycles. The van der Waals surface area contributed by atoms with E-state index in [1.54, 1.807) is 6.08 Å². The highest BCUT2D eigenvalue weighted by atomic mass is 14.9. The maximum absolute atomic E-state index is 6.54. The highest BCUT2D eigenvalue weighted by Gasteiger charge is 2.13. The van der Waals surface area contributed by atoms with Gasteiger partial charge in [-0.2, -0.15) is 0 Å². The number of hydrogen-bond acceptors (Lipinski definition) is 3. The van der Waals surface area contributed by atoms with Crippen LogP contribution in [0.15, 0.2) is 140 Å². The third-order valence-corrected chi connectivity index (χ3v) is 7.68. The van der Waals surface area contributed by atoms with Gasteiger partial charge in [0.15, 0.2) is 5.82 Å². The van der Waals surface area contributed by atoms with E-state index >= 15 is 0 Å². The summed E-state index contributed by atoms with van der Waals surface area (Å²) in [6.45, 7) is 3.76. The van der Waals surface area contributed by atoms with E-state index in [1.165, 1.54) is 10.8 Å². The van der Waals surface area contributed by atoms with E-state index in [0.29, 0.717) is 5.82 Å². The number of aromatic nitrogens is 2. The average Bonchev–Trinajstić information content (AvgIpc) is 3.07. The van der Waals surface area contributed by atoms with Gasteiger partial charge in [0.2, 0.25) is 0 Å². The predicted octanol–water partition coefficient (Wildman–Crippen LogP) is 9.83. The van der Waals surface area contributed by atoms with Crippen LogP contribution in [0, 0.1) is 12.1 Å². The van der Waals surface area contributed by atoms with Crippen molar-refractivity contribution in [3.8, 4) is 45.0 Å². The second kappa shape index (κ2) is 11.1. The molecule has 0 amide bonds. The largest absolute Gasteiger partial charge is 0.398 e. The first-order valence-corrected chi connectivity index (χ1v) is 14.2. The van der Waals surface area contributed by atoms with Crippen LogP contribution >= 0.6 is 0 Å². The van der Waals surface area contributed by atoms with Crippen molar-refractivity contribution in [2.24, 2.45) is 0 Å². The molecule has 43 heavy (non-hydrogen) atoms. The first-order chi connectivity index (χ1) is 21.2. The predicted molar refractivity (Wildman–Crippen MR) is 180 cm³/mol. The molecule has 3 nitrogen and oxygen atoms in total. The lowest BCUT2D eigenvalue weighted by Gasteiger charge is -2.12. The Morgan fingerprint density at radius 1 is 0.628 bits per heavy atom. The summed E-state index contributed by atoms with van der Waals surface area (Å²) in [7, 11) is 0. The van der Waals surface area contributed by atoms with Crippen molar-refractivity contribution >= 4 is 33.3 Å². The molecule has 0 aliphatic carbocycles. The Morgan fingerprint density at radius 3 is 2.19 bits per heavy atom. The van der Waals surface area contributed by atoms with Crippen LogP contribution in [0.25, 0.3) is 72.7 Å². The molecule has 0 bridgehead atoms. The number of para-hydroxylation sites is 1. The number of anilines is 1. The van der Waals surface area contributed by atoms with Gasteiger partial charge in [-0.05, 0) is 57.6 Å². The molecule has 0 fully saturated rings. The van der Waals surface area contributed by atoms with E-state index in [4.69, 9.17) is 15.7 Å². The summed E-state index contributed by atoms with van der Waals surface area (Å²) in [5.74, 6) is 0.662. The minimum atomic E-state index is 0.662. The molecule has 6 aromatic carbocycles. The number of nitrogens with two attached hydrogens (primary N) is 1. The van der Waals surface area contributed by atoms with E-state index < -0.39 is 0 Å². The highest BCUT2D eigenvalue weighted by Crippen LogP contribution is 2.33. The van der Waals surface area contributed by atoms with Crippen LogP contribution in [0.4, 0.5) is 5.69 Å². The first kappa shape index (κ1) is 26.0. The third-order valence-electron chi connectivity index (χ3n) is 7.68. The summed E-state index contributed by atoms with van der Waals surface area (Å²) >= 11 is 0. The fraction of sp³-hybridized carbons (Fsp3) is 0. The fourth-order valence-electron chi connectivity index (χ4n) is 5.39. The van der Waals surface area contributed by atoms with Gasteiger partial charge in [-0.3, -0.25) is 0 Å². The zero-order valence-electron chi connectivity index (χ0n) is 23.5. The Balaban J connectivity index is 1.34. The Morgan fingerprint density at radius 2 is 1.35 bits per heavy atom. The highest BCUT2D eigenvalue weighted by molar-refractivity contribution is 5.89. The van der Waals surface area contributed by atoms with Gasteiger partial charge in [-0.25, -0.2) is 9.97 Å². The van der Waals surface area contributed by atoms with Crippen molar-refractivity contribution in [2.45, 2.75) is 0 Å². The van der Waals surface area contributed by atoms with Gasteiger partial charge in [0.05, 0.1) is 11.4 Å². The van der Waals surface area contributed by atoms with Gasteiger partial charge < -0.3 is 5.73 Å². The number of hydrogen-bond donors (Lipinski definition) is 1. The number of fused-ring (bicyclic) bond motifs is 2. The summed E-state index contributed by atoms with van der Waals surface area (Å²) in [5, 5.41) is 4.45. The smallest absolute Gasteiger partial charge is 0.160 e. The molecule has 0 atom stereocenters. The Bertz CT molecular complexity index is 2060. The van der Waals surface area contributed by atoms with Crippen molar-refractivity contribution in [1.29, 1.82) is 0 Å². The van der Waals surface area contributed by atoms with Crippen molar-refractivity contribution in [3.05, 3.63) is 158 Å². The minimum absolute atomic E-state index is 0.662. The standard InChI is InChI=1S/C40H27N3/c1-2-3-9-31-14-8-15-36(39(31)41)29-18-20-30(21-19-29)37-26-38(34-22-16-27-10-4-6-12-32(27)24-34)43-40(42-37)35-23-17-28-11-5-7-13-33(28)25-35/h2-6,8-12,14-26H,1,41H2/b9-3-. The van der Waals surface area contributed by atoms with Gasteiger partial charge in [0.25, 0.3) is 0 Å². The molecule has 1 aromatic heterocycles. The SMILES string of the molecule is C=C/C=C\c1cccc(-c2ccc(-c3cc(-c4ccc5ccccc5c4)nc(-c4ccc5ccc#cc5c4)n3)cc2)c1N. The molecule has 7 rings (SSSR count). The maximum Gasteiger partial charge on any atom is 0.160 e. The second-order valence-electron chi connectivity index (χ2n) is 10.4. The lowest BCUT2D eigenvalue weighted by molar-refractivity contribution is 1.18. The van der Waals surface area contributed by atoms with Gasteiger partial charge >= 0.3 is 0 Å². The third kappa shape index (κ3) is 5.14. The van der Waals surface area contributed by atoms with Crippen molar-refractivity contribution in [2.75, 3.05) is 5.73 Å². The van der Waals surface area contributed by atoms with Crippen LogP contribution in [0.2, 0.25) is 0 Å². The number of allylic oxidation sites excluding steroid dienone is 2. The number of rotatable bonds is 6. The van der Waals surface area contributed by atoms with Crippen LogP contribution in [0.1, 0.15) is 5.56 Å². The molecule has 0 spiro atoms. The van der Waals surface area contributed by atoms with Gasteiger partial charge in [-0.1, -0.05) is 128 Å². The van der Waals surface area contributed by atoms with E-state index in [1.807, 2.05) is 42.5 Å². The van der Waals surface area contributed by atoms with Crippen molar-refractivity contribution in [3.63, 3.8) is 0 Å². The van der Waals surface area contributed by atoms with E-state index in [9.17, 15) is 0 Å². The molecule has 0 saturated heterocycles. The summed E-state index contributed by atoms with van der Waals surface area (Å²) < 4.78 is 0. The molecule has 202 valence electrons. The molecular formula is C40H27N3. The minimum Gasteiger partial charge on any atom is -0.398 e. The number of nitrogen functional groups attached to an aromatic ring is 1. The van der Waals surface area contributed by atoms with E-state index in [2.05, 4.69) is 110 Å². The van der Waals surface area contributed by atoms with E-state index in [-0.39, 0.29) is 0 Å². The fourth-order valence-corrected chi connectivity index (χ4v) is 5.39. The molecule has 0 saturated carbocycles. The molecule has 2 N–H and O–H groups in total. The first-order valence-electron chi connectivity index (χ1n) is 14.2. The second-order valence-corrected chi connectivity index (χ2v) is 10.4. The van der Waals surface area contributed by atoms with Gasteiger partial charge in [0, 0.05) is 33.3 Å². The van der Waals surface area contributed by atoms with Crippen molar-refractivity contribution in [1.82, 2.24) is 9.97 Å². The molecule has 0 aliphatic heterocycles. The van der Waals surface area contributed by atoms with Crippen LogP contribution < -0.4 is 5.73 Å². The molecular weight excluding hydrogens is 522 g/mol. The quantitative estimate of drug-likeness (QED) is 0.166. The topological polar surface area (TPSA) is 51.8 Å². The zero-order valence-corrected chi connectivity index (χ0v) is 23.5. The number of benzene rings is 5. The van der Waals surface area contributed by atoms with Gasteiger partial charge in [-0.15, -0.1) is 0 Å². The maximum atomic E-state index is 6.54. The van der Waals surface area contributed by atoms with Crippen LogP contribution in [-0.2, 0) is 0 Å². The lowest BCUT2D eigenvalue weighted by atomic mass is 9.98.